The predicted octanol–water partition coefficient (Wildman–Crippen LogP) is 2.64. The van der Waals surface area contributed by atoms with E-state index in [0.29, 0.717) is 24.9 Å². The first-order chi connectivity index (χ1) is 15.8. The molecule has 0 spiro atoms. The van der Waals surface area contributed by atoms with Crippen LogP contribution in [0.1, 0.15) is 55.2 Å². The zero-order valence-corrected chi connectivity index (χ0v) is 18.3. The van der Waals surface area contributed by atoms with Crippen LogP contribution in [0.15, 0.2) is 35.5 Å². The summed E-state index contributed by atoms with van der Waals surface area (Å²) in [4.78, 5) is 35.1. The maximum absolute atomic E-state index is 13.5. The molecular formula is C23H24FN5O4. The first-order valence-electron chi connectivity index (χ1n) is 11.2. The minimum Gasteiger partial charge on any atom is -0.474 e. The van der Waals surface area contributed by atoms with Crippen LogP contribution in [0.2, 0.25) is 0 Å². The van der Waals surface area contributed by atoms with Crippen molar-refractivity contribution in [3.63, 3.8) is 0 Å². The molecule has 2 aliphatic heterocycles. The highest BCUT2D eigenvalue weighted by molar-refractivity contribution is 6.05. The normalized spacial score (nSPS) is 27.6. The fourth-order valence-corrected chi connectivity index (χ4v) is 4.74. The van der Waals surface area contributed by atoms with Crippen molar-refractivity contribution in [2.24, 2.45) is 0 Å². The van der Waals surface area contributed by atoms with Gasteiger partial charge in [0.2, 0.25) is 11.7 Å². The number of aromatic nitrogens is 4. The number of alkyl halides is 1. The highest BCUT2D eigenvalue weighted by Crippen LogP contribution is 2.51. The molecule has 1 amide bonds. The van der Waals surface area contributed by atoms with E-state index in [-0.39, 0.29) is 28.6 Å². The van der Waals surface area contributed by atoms with E-state index in [2.05, 4.69) is 15.3 Å². The highest BCUT2D eigenvalue weighted by atomic mass is 19.1. The Hall–Kier alpha value is -3.27. The first kappa shape index (κ1) is 20.3. The number of pyridine rings is 1. The lowest BCUT2D eigenvalue weighted by Crippen LogP contribution is -2.37. The summed E-state index contributed by atoms with van der Waals surface area (Å²) < 4.78 is 28.0. The van der Waals surface area contributed by atoms with Gasteiger partial charge in [0.05, 0.1) is 30.6 Å². The van der Waals surface area contributed by atoms with Crippen molar-refractivity contribution < 1.29 is 18.7 Å². The molecule has 0 radical (unpaired) electrons. The molecule has 2 bridgehead atoms. The van der Waals surface area contributed by atoms with E-state index in [1.807, 2.05) is 20.0 Å². The minimum atomic E-state index is -1.03. The molecule has 2 saturated heterocycles. The zero-order chi connectivity index (χ0) is 22.9. The fraction of sp³-hybridized carbons (Fsp3) is 0.478. The Morgan fingerprint density at radius 1 is 1.33 bits per heavy atom. The lowest BCUT2D eigenvalue weighted by atomic mass is 9.68. The second-order valence-electron chi connectivity index (χ2n) is 9.49. The Morgan fingerprint density at radius 3 is 2.79 bits per heavy atom. The maximum Gasteiger partial charge on any atom is 0.274 e. The van der Waals surface area contributed by atoms with Crippen LogP contribution >= 0.6 is 0 Å². The van der Waals surface area contributed by atoms with E-state index in [9.17, 15) is 14.0 Å². The third-order valence-corrected chi connectivity index (χ3v) is 6.64. The second-order valence-corrected chi connectivity index (χ2v) is 9.49. The lowest BCUT2D eigenvalue weighted by molar-refractivity contribution is 0.101. The monoisotopic (exact) mass is 453 g/mol. The summed E-state index contributed by atoms with van der Waals surface area (Å²) in [5.41, 5.74) is 0.628. The number of anilines is 1. The van der Waals surface area contributed by atoms with Gasteiger partial charge in [-0.15, -0.1) is 0 Å². The number of nitrogens with one attached hydrogen (secondary N) is 1. The number of carbonyl (C=O) groups is 1. The van der Waals surface area contributed by atoms with Crippen molar-refractivity contribution in [2.45, 2.75) is 62.9 Å². The van der Waals surface area contributed by atoms with Gasteiger partial charge in [0.15, 0.2) is 0 Å². The standard InChI is InChI=1S/C23H24FN5O4/c1-12(2)33-20-14(19(30)25-16-4-3-5-29(21(16)31)17-6-15(17)24)9-28-10-18(26-22(28)27-20)23-7-13(8-23)32-11-23/h3-5,9-10,12-13,15,17H,6-8,11H2,1-2H3,(H,25,30)/t13?,15-,17+,23?/m0/s1. The molecule has 33 heavy (non-hydrogen) atoms. The molecule has 7 rings (SSSR count). The number of hydrogen-bond donors (Lipinski definition) is 1. The van der Waals surface area contributed by atoms with E-state index in [1.165, 1.54) is 16.8 Å². The van der Waals surface area contributed by atoms with Crippen molar-refractivity contribution in [1.29, 1.82) is 0 Å². The fourth-order valence-electron chi connectivity index (χ4n) is 4.74. The minimum absolute atomic E-state index is 0.0750. The number of halogens is 1. The van der Waals surface area contributed by atoms with Crippen molar-refractivity contribution in [2.75, 3.05) is 11.9 Å². The Morgan fingerprint density at radius 2 is 2.12 bits per heavy atom. The van der Waals surface area contributed by atoms with Crippen LogP contribution in [0.25, 0.3) is 5.78 Å². The number of amides is 1. The van der Waals surface area contributed by atoms with Crippen LogP contribution in [0.5, 0.6) is 5.88 Å². The van der Waals surface area contributed by atoms with Crippen molar-refractivity contribution >= 4 is 17.4 Å². The summed E-state index contributed by atoms with van der Waals surface area (Å²) in [5.74, 6) is 0.0385. The van der Waals surface area contributed by atoms with E-state index in [0.717, 1.165) is 18.5 Å². The summed E-state index contributed by atoms with van der Waals surface area (Å²) >= 11 is 0. The summed E-state index contributed by atoms with van der Waals surface area (Å²) in [6.45, 7) is 4.32. The average Bonchev–Trinajstić information content (AvgIpc) is 3.13. The smallest absolute Gasteiger partial charge is 0.274 e. The number of fused-ring (bicyclic) bond motifs is 2. The van der Waals surface area contributed by atoms with Gasteiger partial charge in [0.1, 0.15) is 17.4 Å². The molecule has 9 nitrogen and oxygen atoms in total. The molecule has 3 aromatic heterocycles. The molecule has 4 aliphatic rings. The first-order valence-corrected chi connectivity index (χ1v) is 11.2. The summed E-state index contributed by atoms with van der Waals surface area (Å²) in [6.07, 6.45) is 6.29. The van der Waals surface area contributed by atoms with Gasteiger partial charge >= 0.3 is 0 Å². The quantitative estimate of drug-likeness (QED) is 0.616. The van der Waals surface area contributed by atoms with Gasteiger partial charge in [-0.3, -0.25) is 14.0 Å². The van der Waals surface area contributed by atoms with Crippen molar-refractivity contribution in [3.8, 4) is 5.88 Å². The van der Waals surface area contributed by atoms with Crippen molar-refractivity contribution in [3.05, 3.63) is 52.3 Å². The van der Waals surface area contributed by atoms with Gasteiger partial charge in [0, 0.05) is 30.4 Å². The van der Waals surface area contributed by atoms with Crippen LogP contribution in [0.4, 0.5) is 10.1 Å². The van der Waals surface area contributed by atoms with Crippen LogP contribution < -0.4 is 15.6 Å². The van der Waals surface area contributed by atoms with Gasteiger partial charge in [-0.2, -0.15) is 4.98 Å². The second kappa shape index (κ2) is 7.11. The Labute approximate surface area is 188 Å². The molecule has 2 saturated carbocycles. The molecule has 1 N–H and O–H groups in total. The molecule has 3 aromatic rings. The summed E-state index contributed by atoms with van der Waals surface area (Å²) in [5, 5.41) is 2.65. The van der Waals surface area contributed by atoms with Gasteiger partial charge in [-0.25, -0.2) is 9.37 Å². The van der Waals surface area contributed by atoms with E-state index in [4.69, 9.17) is 9.47 Å². The molecule has 2 aliphatic carbocycles. The van der Waals surface area contributed by atoms with Gasteiger partial charge in [-0.1, -0.05) is 0 Å². The van der Waals surface area contributed by atoms with Gasteiger partial charge < -0.3 is 19.4 Å². The van der Waals surface area contributed by atoms with Gasteiger partial charge in [-0.05, 0) is 38.8 Å². The Kier molecular flexibility index (Phi) is 4.39. The molecular weight excluding hydrogens is 429 g/mol. The molecule has 4 fully saturated rings. The molecule has 172 valence electrons. The number of carbonyl (C=O) groups excluding carboxylic acids is 1. The number of nitrogens with zero attached hydrogens (tertiary/aromatic N) is 4. The largest absolute Gasteiger partial charge is 0.474 e. The maximum atomic E-state index is 13.5. The van der Waals surface area contributed by atoms with E-state index < -0.39 is 23.7 Å². The number of rotatable bonds is 6. The molecule has 2 atom stereocenters. The topological polar surface area (TPSA) is 99.8 Å². The summed E-state index contributed by atoms with van der Waals surface area (Å²) in [6, 6.07) is 2.65. The van der Waals surface area contributed by atoms with E-state index >= 15 is 0 Å². The zero-order valence-electron chi connectivity index (χ0n) is 18.3. The Bertz CT molecular complexity index is 1320. The van der Waals surface area contributed by atoms with Gasteiger partial charge in [0.25, 0.3) is 11.5 Å². The van der Waals surface area contributed by atoms with E-state index in [1.54, 1.807) is 16.7 Å². The lowest BCUT2D eigenvalue weighted by Gasteiger charge is -2.33. The highest BCUT2D eigenvalue weighted by Gasteiger charge is 2.54. The van der Waals surface area contributed by atoms with Crippen LogP contribution in [-0.2, 0) is 10.2 Å². The third kappa shape index (κ3) is 3.31. The molecule has 10 heteroatoms. The number of ether oxygens (including phenoxy) is 2. The number of imidazole rings is 1. The van der Waals surface area contributed by atoms with Crippen LogP contribution in [0.3, 0.4) is 0 Å². The Balaban J connectivity index is 1.35. The molecule has 5 heterocycles. The van der Waals surface area contributed by atoms with Crippen LogP contribution in [0, 0.1) is 0 Å². The average molecular weight is 453 g/mol. The summed E-state index contributed by atoms with van der Waals surface area (Å²) in [7, 11) is 0. The molecule has 0 aromatic carbocycles. The SMILES string of the molecule is CC(C)Oc1nc2nc(C34COC(C3)C4)cn2cc1C(=O)Nc1cccn([C@@H]2C[C@@H]2F)c1=O. The predicted molar refractivity (Wildman–Crippen MR) is 117 cm³/mol. The number of hydrogen-bond acceptors (Lipinski definition) is 6. The van der Waals surface area contributed by atoms with Crippen LogP contribution in [-0.4, -0.2) is 49.8 Å². The van der Waals surface area contributed by atoms with Crippen molar-refractivity contribution in [1.82, 2.24) is 18.9 Å². The molecule has 0 unspecified atom stereocenters. The third-order valence-electron chi connectivity index (χ3n) is 6.64.